The Morgan fingerprint density at radius 3 is 2.79 bits per heavy atom. The largest absolute Gasteiger partial charge is 0.339 e. The molecule has 0 bridgehead atoms. The molecule has 1 aromatic carbocycles. The lowest BCUT2D eigenvalue weighted by Gasteiger charge is -2.06. The topological polar surface area (TPSA) is 80.9 Å². The number of aromatic nitrogens is 3. The van der Waals surface area contributed by atoms with Gasteiger partial charge in [0.1, 0.15) is 5.82 Å². The van der Waals surface area contributed by atoms with E-state index in [0.29, 0.717) is 11.7 Å². The van der Waals surface area contributed by atoms with E-state index < -0.39 is 5.82 Å². The monoisotopic (exact) mass is 326 g/mol. The van der Waals surface area contributed by atoms with Crippen LogP contribution in [-0.2, 0) is 11.2 Å². The van der Waals surface area contributed by atoms with Crippen LogP contribution < -0.4 is 5.32 Å². The van der Waals surface area contributed by atoms with Crippen LogP contribution in [0.15, 0.2) is 47.2 Å². The smallest absolute Gasteiger partial charge is 0.227 e. The van der Waals surface area contributed by atoms with Crippen molar-refractivity contribution in [3.05, 3.63) is 60.0 Å². The van der Waals surface area contributed by atoms with Gasteiger partial charge in [0.15, 0.2) is 0 Å². The van der Waals surface area contributed by atoms with E-state index in [1.54, 1.807) is 37.5 Å². The fraction of sp³-hybridized carbons (Fsp3) is 0.176. The fourth-order valence-corrected chi connectivity index (χ4v) is 2.13. The summed E-state index contributed by atoms with van der Waals surface area (Å²) >= 11 is 0. The molecule has 0 aliphatic heterocycles. The Balaban J connectivity index is 1.58. The highest BCUT2D eigenvalue weighted by Gasteiger charge is 2.12. The number of hydrogen-bond acceptors (Lipinski definition) is 5. The maximum atomic E-state index is 13.7. The van der Waals surface area contributed by atoms with E-state index in [0.717, 1.165) is 11.1 Å². The number of carbonyl (C=O) groups is 1. The lowest BCUT2D eigenvalue weighted by molar-refractivity contribution is -0.116. The molecule has 2 heterocycles. The van der Waals surface area contributed by atoms with E-state index in [1.165, 1.54) is 12.1 Å². The van der Waals surface area contributed by atoms with Crippen molar-refractivity contribution in [1.29, 1.82) is 0 Å². The highest BCUT2D eigenvalue weighted by molar-refractivity contribution is 5.90. The number of benzene rings is 1. The number of anilines is 1. The Labute approximate surface area is 137 Å². The molecule has 0 radical (unpaired) electrons. The standard InChI is InChI=1S/C17H15FN4O2/c1-11-2-3-14(13(18)10-11)20-15(23)4-5-16-21-17(22-24-16)12-6-8-19-9-7-12/h2-3,6-10H,4-5H2,1H3,(H,20,23). The number of pyridine rings is 1. The molecule has 122 valence electrons. The van der Waals surface area contributed by atoms with Gasteiger partial charge in [-0.05, 0) is 36.8 Å². The average molecular weight is 326 g/mol. The molecule has 1 N–H and O–H groups in total. The number of nitrogens with one attached hydrogen (secondary N) is 1. The van der Waals surface area contributed by atoms with Crippen LogP contribution in [0.3, 0.4) is 0 Å². The van der Waals surface area contributed by atoms with Crippen LogP contribution in [0.1, 0.15) is 17.9 Å². The third kappa shape index (κ3) is 3.81. The number of amides is 1. The first kappa shape index (κ1) is 15.8. The lowest BCUT2D eigenvalue weighted by Crippen LogP contribution is -2.13. The number of nitrogens with zero attached hydrogens (tertiary/aromatic N) is 3. The summed E-state index contributed by atoms with van der Waals surface area (Å²) in [6.45, 7) is 1.78. The molecule has 3 rings (SSSR count). The molecule has 2 aromatic heterocycles. The molecular formula is C17H15FN4O2. The number of carbonyl (C=O) groups excluding carboxylic acids is 1. The molecule has 1 amide bonds. The van der Waals surface area contributed by atoms with Crippen LogP contribution in [0.5, 0.6) is 0 Å². The van der Waals surface area contributed by atoms with Gasteiger partial charge in [-0.3, -0.25) is 9.78 Å². The Bertz CT molecular complexity index is 849. The molecule has 7 heteroatoms. The molecular weight excluding hydrogens is 311 g/mol. The van der Waals surface area contributed by atoms with E-state index in [1.807, 2.05) is 0 Å². The minimum atomic E-state index is -0.457. The fourth-order valence-electron chi connectivity index (χ4n) is 2.13. The summed E-state index contributed by atoms with van der Waals surface area (Å²) in [5, 5.41) is 6.40. The summed E-state index contributed by atoms with van der Waals surface area (Å²) in [5.41, 5.74) is 1.74. The van der Waals surface area contributed by atoms with Crippen LogP contribution in [0, 0.1) is 12.7 Å². The highest BCUT2D eigenvalue weighted by atomic mass is 19.1. The molecule has 0 unspecified atom stereocenters. The molecule has 0 aliphatic carbocycles. The van der Waals surface area contributed by atoms with Crippen molar-refractivity contribution in [1.82, 2.24) is 15.1 Å². The van der Waals surface area contributed by atoms with Crippen molar-refractivity contribution in [2.24, 2.45) is 0 Å². The molecule has 0 saturated carbocycles. The number of hydrogen-bond donors (Lipinski definition) is 1. The van der Waals surface area contributed by atoms with Gasteiger partial charge in [0.2, 0.25) is 17.6 Å². The molecule has 0 fully saturated rings. The van der Waals surface area contributed by atoms with Crippen LogP contribution in [0.2, 0.25) is 0 Å². The lowest BCUT2D eigenvalue weighted by atomic mass is 10.2. The maximum absolute atomic E-state index is 13.7. The zero-order valence-electron chi connectivity index (χ0n) is 13.0. The summed E-state index contributed by atoms with van der Waals surface area (Å²) in [5.74, 6) is 0.0151. The normalized spacial score (nSPS) is 10.6. The molecule has 6 nitrogen and oxygen atoms in total. The molecule has 24 heavy (non-hydrogen) atoms. The first-order chi connectivity index (χ1) is 11.6. The minimum Gasteiger partial charge on any atom is -0.339 e. The third-order valence-electron chi connectivity index (χ3n) is 3.37. The van der Waals surface area contributed by atoms with Gasteiger partial charge in [-0.25, -0.2) is 4.39 Å². The van der Waals surface area contributed by atoms with Crippen molar-refractivity contribution in [3.63, 3.8) is 0 Å². The molecule has 0 spiro atoms. The second kappa shape index (κ2) is 6.99. The van der Waals surface area contributed by atoms with Crippen molar-refractivity contribution >= 4 is 11.6 Å². The van der Waals surface area contributed by atoms with E-state index in [9.17, 15) is 9.18 Å². The summed E-state index contributed by atoms with van der Waals surface area (Å²) < 4.78 is 18.8. The van der Waals surface area contributed by atoms with Crippen LogP contribution in [0.4, 0.5) is 10.1 Å². The summed E-state index contributed by atoms with van der Waals surface area (Å²) in [6, 6.07) is 8.17. The predicted molar refractivity (Wildman–Crippen MR) is 85.6 cm³/mol. The third-order valence-corrected chi connectivity index (χ3v) is 3.37. The van der Waals surface area contributed by atoms with E-state index in [2.05, 4.69) is 20.4 Å². The SMILES string of the molecule is Cc1ccc(NC(=O)CCc2nc(-c3ccncc3)no2)c(F)c1. The first-order valence-electron chi connectivity index (χ1n) is 7.41. The van der Waals surface area contributed by atoms with Gasteiger partial charge in [-0.2, -0.15) is 4.98 Å². The second-order valence-electron chi connectivity index (χ2n) is 5.28. The molecule has 0 saturated heterocycles. The van der Waals surface area contributed by atoms with Gasteiger partial charge in [0.05, 0.1) is 5.69 Å². The summed E-state index contributed by atoms with van der Waals surface area (Å²) in [6.07, 6.45) is 3.66. The summed E-state index contributed by atoms with van der Waals surface area (Å²) in [4.78, 5) is 20.1. The van der Waals surface area contributed by atoms with Crippen molar-refractivity contribution in [2.45, 2.75) is 19.8 Å². The highest BCUT2D eigenvalue weighted by Crippen LogP contribution is 2.17. The second-order valence-corrected chi connectivity index (χ2v) is 5.28. The van der Waals surface area contributed by atoms with Gasteiger partial charge < -0.3 is 9.84 Å². The Kier molecular flexibility index (Phi) is 4.60. The molecule has 0 atom stereocenters. The van der Waals surface area contributed by atoms with Gasteiger partial charge >= 0.3 is 0 Å². The van der Waals surface area contributed by atoms with Gasteiger partial charge in [-0.15, -0.1) is 0 Å². The number of rotatable bonds is 5. The van der Waals surface area contributed by atoms with E-state index >= 15 is 0 Å². The Morgan fingerprint density at radius 1 is 1.25 bits per heavy atom. The van der Waals surface area contributed by atoms with Gasteiger partial charge in [0.25, 0.3) is 0 Å². The maximum Gasteiger partial charge on any atom is 0.227 e. The Hall–Kier alpha value is -3.09. The summed E-state index contributed by atoms with van der Waals surface area (Å²) in [7, 11) is 0. The molecule has 0 aliphatic rings. The van der Waals surface area contributed by atoms with Crippen LogP contribution in [0.25, 0.3) is 11.4 Å². The van der Waals surface area contributed by atoms with Crippen molar-refractivity contribution in [3.8, 4) is 11.4 Å². The number of aryl methyl sites for hydroxylation is 2. The van der Waals surface area contributed by atoms with Gasteiger partial charge in [-0.1, -0.05) is 11.2 Å². The van der Waals surface area contributed by atoms with Gasteiger partial charge in [0, 0.05) is 30.8 Å². The predicted octanol–water partition coefficient (Wildman–Crippen LogP) is 3.15. The van der Waals surface area contributed by atoms with Crippen LogP contribution >= 0.6 is 0 Å². The minimum absolute atomic E-state index is 0.116. The van der Waals surface area contributed by atoms with E-state index in [4.69, 9.17) is 4.52 Å². The van der Waals surface area contributed by atoms with Crippen LogP contribution in [-0.4, -0.2) is 21.0 Å². The molecule has 3 aromatic rings. The van der Waals surface area contributed by atoms with Crippen molar-refractivity contribution in [2.75, 3.05) is 5.32 Å². The zero-order valence-corrected chi connectivity index (χ0v) is 13.0. The van der Waals surface area contributed by atoms with Crippen molar-refractivity contribution < 1.29 is 13.7 Å². The number of halogens is 1. The zero-order chi connectivity index (χ0) is 16.9. The first-order valence-corrected chi connectivity index (χ1v) is 7.41. The average Bonchev–Trinajstić information content (AvgIpc) is 3.05. The Morgan fingerprint density at radius 2 is 2.04 bits per heavy atom. The van der Waals surface area contributed by atoms with E-state index in [-0.39, 0.29) is 24.4 Å². The quantitative estimate of drug-likeness (QED) is 0.779.